The Morgan fingerprint density at radius 2 is 2.20 bits per heavy atom. The number of halogens is 3. The van der Waals surface area contributed by atoms with Gasteiger partial charge in [-0.2, -0.15) is 13.2 Å². The fourth-order valence-electron chi connectivity index (χ4n) is 1.79. The van der Waals surface area contributed by atoms with Crippen molar-refractivity contribution in [2.75, 3.05) is 7.11 Å². The van der Waals surface area contributed by atoms with Crippen molar-refractivity contribution >= 4 is 5.97 Å². The molecule has 0 radical (unpaired) electrons. The van der Waals surface area contributed by atoms with Crippen molar-refractivity contribution in [3.05, 3.63) is 12.2 Å². The van der Waals surface area contributed by atoms with Gasteiger partial charge in [-0.3, -0.25) is 4.79 Å². The second kappa shape index (κ2) is 4.68. The molecule has 0 aliphatic heterocycles. The van der Waals surface area contributed by atoms with E-state index in [0.29, 0.717) is 12.8 Å². The Hall–Kier alpha value is -1.00. The van der Waals surface area contributed by atoms with Crippen LogP contribution in [0, 0.1) is 11.8 Å². The maximum Gasteiger partial charge on any atom is 0.402 e. The summed E-state index contributed by atoms with van der Waals surface area (Å²) in [5.74, 6) is -3.98. The van der Waals surface area contributed by atoms with E-state index in [1.54, 1.807) is 6.08 Å². The number of rotatable bonds is 2. The fraction of sp³-hybridized carbons (Fsp3) is 0.700. The minimum absolute atomic E-state index is 0.385. The average molecular weight is 222 g/mol. The Labute approximate surface area is 86.1 Å². The molecule has 2 unspecified atom stereocenters. The zero-order valence-corrected chi connectivity index (χ0v) is 8.38. The number of methoxy groups -OCH3 is 1. The number of allylic oxidation sites excluding steroid dienone is 2. The van der Waals surface area contributed by atoms with E-state index in [0.717, 1.165) is 13.5 Å². The van der Waals surface area contributed by atoms with Gasteiger partial charge in [-0.25, -0.2) is 0 Å². The summed E-state index contributed by atoms with van der Waals surface area (Å²) < 4.78 is 42.0. The number of hydrogen-bond donors (Lipinski definition) is 0. The Bertz CT molecular complexity index is 258. The van der Waals surface area contributed by atoms with Crippen molar-refractivity contribution in [1.82, 2.24) is 0 Å². The van der Waals surface area contributed by atoms with Crippen LogP contribution in [0.4, 0.5) is 13.2 Å². The van der Waals surface area contributed by atoms with E-state index in [4.69, 9.17) is 0 Å². The summed E-state index contributed by atoms with van der Waals surface area (Å²) in [6, 6.07) is 0. The van der Waals surface area contributed by atoms with Gasteiger partial charge in [-0.15, -0.1) is 0 Å². The summed E-state index contributed by atoms with van der Waals surface area (Å²) in [6.07, 6.45) is 0.483. The monoisotopic (exact) mass is 222 g/mol. The van der Waals surface area contributed by atoms with E-state index in [9.17, 15) is 18.0 Å². The maximum atomic E-state index is 12.6. The number of ether oxygens (including phenoxy) is 1. The topological polar surface area (TPSA) is 26.3 Å². The predicted molar refractivity (Wildman–Crippen MR) is 48.0 cm³/mol. The molecular formula is C10H13F3O2. The first-order valence-electron chi connectivity index (χ1n) is 4.78. The van der Waals surface area contributed by atoms with Gasteiger partial charge >= 0.3 is 12.1 Å². The van der Waals surface area contributed by atoms with Crippen molar-refractivity contribution in [1.29, 1.82) is 0 Å². The van der Waals surface area contributed by atoms with Gasteiger partial charge < -0.3 is 4.74 Å². The predicted octanol–water partition coefficient (Wildman–Crippen LogP) is 2.69. The van der Waals surface area contributed by atoms with Gasteiger partial charge in [0.1, 0.15) is 0 Å². The van der Waals surface area contributed by atoms with Gasteiger partial charge in [-0.05, 0) is 25.2 Å². The average Bonchev–Trinajstić information content (AvgIpc) is 2.17. The molecule has 15 heavy (non-hydrogen) atoms. The Balaban J connectivity index is 2.85. The lowest BCUT2D eigenvalue weighted by atomic mass is 9.84. The first kappa shape index (κ1) is 12.1. The van der Waals surface area contributed by atoms with Crippen molar-refractivity contribution in [2.24, 2.45) is 11.8 Å². The van der Waals surface area contributed by atoms with E-state index in [2.05, 4.69) is 4.74 Å². The highest BCUT2D eigenvalue weighted by Gasteiger charge is 2.49. The third-order valence-electron chi connectivity index (χ3n) is 2.53. The number of carbonyl (C=O) groups excluding carboxylic acids is 1. The lowest BCUT2D eigenvalue weighted by molar-refractivity contribution is -0.203. The third-order valence-corrected chi connectivity index (χ3v) is 2.53. The molecule has 0 aromatic carbocycles. The van der Waals surface area contributed by atoms with Crippen LogP contribution in [0.25, 0.3) is 0 Å². The maximum absolute atomic E-state index is 12.6. The molecule has 1 aliphatic carbocycles. The van der Waals surface area contributed by atoms with Crippen molar-refractivity contribution in [3.8, 4) is 0 Å². The quantitative estimate of drug-likeness (QED) is 0.530. The smallest absolute Gasteiger partial charge is 0.402 e. The van der Waals surface area contributed by atoms with Crippen molar-refractivity contribution < 1.29 is 22.7 Å². The number of alkyl halides is 3. The fourth-order valence-corrected chi connectivity index (χ4v) is 1.79. The highest BCUT2D eigenvalue weighted by Crippen LogP contribution is 2.37. The molecule has 0 saturated carbocycles. The van der Waals surface area contributed by atoms with Gasteiger partial charge in [0, 0.05) is 0 Å². The van der Waals surface area contributed by atoms with Crippen LogP contribution in [0.1, 0.15) is 19.3 Å². The van der Waals surface area contributed by atoms with Gasteiger partial charge in [0.05, 0.1) is 7.11 Å². The standard InChI is InChI=1S/C10H13F3O2/c1-15-9(14)8(10(11,12)13)7-5-3-2-4-6-7/h3,5,7-8H,2,4,6H2,1H3. The molecule has 2 atom stereocenters. The summed E-state index contributed by atoms with van der Waals surface area (Å²) in [5, 5.41) is 0. The summed E-state index contributed by atoms with van der Waals surface area (Å²) >= 11 is 0. The van der Waals surface area contributed by atoms with E-state index in [1.165, 1.54) is 6.08 Å². The molecule has 0 fully saturated rings. The molecule has 0 aromatic rings. The van der Waals surface area contributed by atoms with Crippen molar-refractivity contribution in [3.63, 3.8) is 0 Å². The molecule has 1 rings (SSSR count). The van der Waals surface area contributed by atoms with E-state index >= 15 is 0 Å². The molecule has 2 nitrogen and oxygen atoms in total. The van der Waals surface area contributed by atoms with Crippen LogP contribution in [0.15, 0.2) is 12.2 Å². The van der Waals surface area contributed by atoms with E-state index in [-0.39, 0.29) is 0 Å². The number of hydrogen-bond acceptors (Lipinski definition) is 2. The molecule has 0 spiro atoms. The van der Waals surface area contributed by atoms with E-state index < -0.39 is 24.0 Å². The highest BCUT2D eigenvalue weighted by atomic mass is 19.4. The minimum atomic E-state index is -4.53. The molecular weight excluding hydrogens is 209 g/mol. The lowest BCUT2D eigenvalue weighted by Crippen LogP contribution is -2.37. The van der Waals surface area contributed by atoms with Crippen LogP contribution < -0.4 is 0 Å². The second-order valence-corrected chi connectivity index (χ2v) is 3.57. The second-order valence-electron chi connectivity index (χ2n) is 3.57. The van der Waals surface area contributed by atoms with Crippen LogP contribution in [-0.2, 0) is 9.53 Å². The van der Waals surface area contributed by atoms with Gasteiger partial charge in [0.2, 0.25) is 0 Å². The number of carbonyl (C=O) groups is 1. The molecule has 0 aromatic heterocycles. The molecule has 5 heteroatoms. The Morgan fingerprint density at radius 1 is 1.53 bits per heavy atom. The summed E-state index contributed by atoms with van der Waals surface area (Å²) in [6.45, 7) is 0. The largest absolute Gasteiger partial charge is 0.469 e. The van der Waals surface area contributed by atoms with Crippen LogP contribution in [0.2, 0.25) is 0 Å². The highest BCUT2D eigenvalue weighted by molar-refractivity contribution is 5.73. The summed E-state index contributed by atoms with van der Waals surface area (Å²) in [4.78, 5) is 11.1. The van der Waals surface area contributed by atoms with E-state index in [1.807, 2.05) is 0 Å². The van der Waals surface area contributed by atoms with Crippen LogP contribution in [0.3, 0.4) is 0 Å². The van der Waals surface area contributed by atoms with Crippen LogP contribution in [-0.4, -0.2) is 19.3 Å². The SMILES string of the molecule is COC(=O)C(C1C=CCCC1)C(F)(F)F. The Morgan fingerprint density at radius 3 is 2.60 bits per heavy atom. The lowest BCUT2D eigenvalue weighted by Gasteiger charge is -2.26. The van der Waals surface area contributed by atoms with Crippen LogP contribution >= 0.6 is 0 Å². The van der Waals surface area contributed by atoms with Gasteiger partial charge in [-0.1, -0.05) is 12.2 Å². The molecule has 0 N–H and O–H groups in total. The normalized spacial score (nSPS) is 23.6. The molecule has 1 aliphatic rings. The first-order valence-corrected chi connectivity index (χ1v) is 4.78. The summed E-state index contributed by atoms with van der Waals surface area (Å²) in [7, 11) is 0.980. The molecule has 0 heterocycles. The minimum Gasteiger partial charge on any atom is -0.469 e. The third kappa shape index (κ3) is 2.97. The van der Waals surface area contributed by atoms with Crippen LogP contribution in [0.5, 0.6) is 0 Å². The van der Waals surface area contributed by atoms with Crippen molar-refractivity contribution in [2.45, 2.75) is 25.4 Å². The summed E-state index contributed by atoms with van der Waals surface area (Å²) in [5.41, 5.74) is 0. The zero-order valence-electron chi connectivity index (χ0n) is 8.38. The zero-order chi connectivity index (χ0) is 11.5. The van der Waals surface area contributed by atoms with Gasteiger partial charge in [0.25, 0.3) is 0 Å². The first-order chi connectivity index (χ1) is 6.96. The Kier molecular flexibility index (Phi) is 3.77. The molecule has 0 amide bonds. The number of esters is 1. The molecule has 0 saturated heterocycles. The van der Waals surface area contributed by atoms with Gasteiger partial charge in [0.15, 0.2) is 5.92 Å². The molecule has 0 bridgehead atoms. The molecule has 86 valence electrons.